The van der Waals surface area contributed by atoms with Crippen molar-refractivity contribution < 1.29 is 0 Å². The lowest BCUT2D eigenvalue weighted by molar-refractivity contribution is 0.454. The maximum atomic E-state index is 9.77. The Kier molecular flexibility index (Phi) is 5.82. The van der Waals surface area contributed by atoms with Crippen LogP contribution < -0.4 is 10.2 Å². The van der Waals surface area contributed by atoms with Crippen LogP contribution >= 0.6 is 12.2 Å². The summed E-state index contributed by atoms with van der Waals surface area (Å²) in [5, 5.41) is 14.9. The molecule has 0 unspecified atom stereocenters. The van der Waals surface area contributed by atoms with Crippen LogP contribution in [0.1, 0.15) is 23.1 Å². The molecule has 0 amide bonds. The third kappa shape index (κ3) is 4.22. The number of aryl methyl sites for hydroxylation is 2. The minimum Gasteiger partial charge on any atom is -0.354 e. The molecule has 1 saturated heterocycles. The number of nitriles is 1. The second kappa shape index (κ2) is 8.68. The quantitative estimate of drug-likeness (QED) is 0.616. The number of hydrogen-bond acceptors (Lipinski definition) is 4. The Hall–Kier alpha value is -3.17. The molecule has 0 saturated carbocycles. The van der Waals surface area contributed by atoms with Crippen LogP contribution in [-0.4, -0.2) is 41.2 Å². The van der Waals surface area contributed by atoms with Gasteiger partial charge in [-0.2, -0.15) is 5.26 Å². The summed E-state index contributed by atoms with van der Waals surface area (Å²) in [6.07, 6.45) is 0.952. The van der Waals surface area contributed by atoms with Gasteiger partial charge in [-0.05, 0) is 67.9 Å². The fourth-order valence-corrected chi connectivity index (χ4v) is 4.30. The number of benzene rings is 2. The molecule has 3 aromatic rings. The van der Waals surface area contributed by atoms with Crippen LogP contribution in [0.3, 0.4) is 0 Å². The van der Waals surface area contributed by atoms with Gasteiger partial charge >= 0.3 is 0 Å². The molecule has 5 nitrogen and oxygen atoms in total. The predicted octanol–water partition coefficient (Wildman–Crippen LogP) is 4.63. The number of rotatable bonds is 2. The molecule has 0 atom stereocenters. The van der Waals surface area contributed by atoms with E-state index in [1.54, 1.807) is 0 Å². The second-order valence-electron chi connectivity index (χ2n) is 7.74. The first-order chi connectivity index (χ1) is 14.5. The highest BCUT2D eigenvalue weighted by Crippen LogP contribution is 2.27. The Morgan fingerprint density at radius 1 is 1.07 bits per heavy atom. The highest BCUT2D eigenvalue weighted by atomic mass is 32.1. The van der Waals surface area contributed by atoms with Crippen molar-refractivity contribution in [1.29, 1.82) is 5.26 Å². The molecule has 1 aromatic heterocycles. The van der Waals surface area contributed by atoms with Gasteiger partial charge in [-0.25, -0.2) is 4.98 Å². The van der Waals surface area contributed by atoms with Gasteiger partial charge in [0.05, 0.1) is 11.1 Å². The highest BCUT2D eigenvalue weighted by molar-refractivity contribution is 7.80. The van der Waals surface area contributed by atoms with E-state index in [2.05, 4.69) is 47.2 Å². The number of nitrogens with zero attached hydrogens (tertiary/aromatic N) is 4. The van der Waals surface area contributed by atoms with E-state index in [-0.39, 0.29) is 0 Å². The summed E-state index contributed by atoms with van der Waals surface area (Å²) in [7, 11) is 0. The van der Waals surface area contributed by atoms with Gasteiger partial charge in [0.2, 0.25) is 0 Å². The zero-order chi connectivity index (χ0) is 21.1. The molecule has 1 N–H and O–H groups in total. The molecule has 1 aliphatic heterocycles. The topological polar surface area (TPSA) is 55.2 Å². The first kappa shape index (κ1) is 20.1. The van der Waals surface area contributed by atoms with Crippen molar-refractivity contribution in [3.05, 3.63) is 65.2 Å². The normalized spacial score (nSPS) is 14.3. The van der Waals surface area contributed by atoms with Gasteiger partial charge in [-0.3, -0.25) is 0 Å². The third-order valence-electron chi connectivity index (χ3n) is 5.49. The Labute approximate surface area is 182 Å². The van der Waals surface area contributed by atoms with Crippen LogP contribution in [0.15, 0.2) is 48.5 Å². The number of pyridine rings is 1. The molecule has 1 fully saturated rings. The Morgan fingerprint density at radius 2 is 1.87 bits per heavy atom. The molecule has 30 heavy (non-hydrogen) atoms. The molecule has 2 aromatic carbocycles. The Bertz CT molecular complexity index is 1120. The SMILES string of the molecule is Cc1cc(C)c2cc(C#N)c(N3CCCN(C(=S)Nc4ccccc4)CC3)nc2c1. The average molecular weight is 416 g/mol. The van der Waals surface area contributed by atoms with Gasteiger partial charge in [-0.15, -0.1) is 0 Å². The van der Waals surface area contributed by atoms with Crippen LogP contribution in [0.5, 0.6) is 0 Å². The lowest BCUT2D eigenvalue weighted by Gasteiger charge is -2.25. The van der Waals surface area contributed by atoms with Gasteiger partial charge in [0.25, 0.3) is 0 Å². The van der Waals surface area contributed by atoms with Crippen molar-refractivity contribution in [2.75, 3.05) is 36.4 Å². The first-order valence-electron chi connectivity index (χ1n) is 10.2. The van der Waals surface area contributed by atoms with Crippen molar-refractivity contribution in [3.8, 4) is 6.07 Å². The Morgan fingerprint density at radius 3 is 2.63 bits per heavy atom. The highest BCUT2D eigenvalue weighted by Gasteiger charge is 2.21. The number of fused-ring (bicyclic) bond motifs is 1. The summed E-state index contributed by atoms with van der Waals surface area (Å²) < 4.78 is 0. The summed E-state index contributed by atoms with van der Waals surface area (Å²) in [4.78, 5) is 9.33. The molecular formula is C24H25N5S. The van der Waals surface area contributed by atoms with Crippen LogP contribution in [0.4, 0.5) is 11.5 Å². The van der Waals surface area contributed by atoms with E-state index in [4.69, 9.17) is 17.2 Å². The number of anilines is 2. The molecule has 1 aliphatic rings. The lowest BCUT2D eigenvalue weighted by Crippen LogP contribution is -2.38. The third-order valence-corrected chi connectivity index (χ3v) is 5.85. The van der Waals surface area contributed by atoms with Gasteiger partial charge in [0, 0.05) is 37.3 Å². The van der Waals surface area contributed by atoms with Crippen LogP contribution in [0.25, 0.3) is 10.9 Å². The molecule has 6 heteroatoms. The maximum Gasteiger partial charge on any atom is 0.173 e. The van der Waals surface area contributed by atoms with E-state index in [1.807, 2.05) is 36.4 Å². The fraction of sp³-hybridized carbons (Fsp3) is 0.292. The van der Waals surface area contributed by atoms with Crippen LogP contribution in [0.2, 0.25) is 0 Å². The number of thiocarbonyl (C=S) groups is 1. The van der Waals surface area contributed by atoms with Crippen molar-refractivity contribution >= 4 is 39.7 Å². The standard InChI is InChI=1S/C24H25N5S/c1-17-13-18(2)21-15-19(16-25)23(27-22(21)14-17)28-9-6-10-29(12-11-28)24(30)26-20-7-4-3-5-8-20/h3-5,7-8,13-15H,6,9-12H2,1-2H3,(H,26,30). The summed E-state index contributed by atoms with van der Waals surface area (Å²) in [6, 6.07) is 18.6. The predicted molar refractivity (Wildman–Crippen MR) is 127 cm³/mol. The van der Waals surface area contributed by atoms with Gasteiger partial charge in [0.15, 0.2) is 5.11 Å². The van der Waals surface area contributed by atoms with Crippen LogP contribution in [0, 0.1) is 25.2 Å². The number of nitrogens with one attached hydrogen (secondary N) is 1. The Balaban J connectivity index is 1.55. The monoisotopic (exact) mass is 415 g/mol. The van der Waals surface area contributed by atoms with Crippen molar-refractivity contribution in [1.82, 2.24) is 9.88 Å². The van der Waals surface area contributed by atoms with Gasteiger partial charge < -0.3 is 15.1 Å². The van der Waals surface area contributed by atoms with Crippen molar-refractivity contribution in [2.24, 2.45) is 0 Å². The largest absolute Gasteiger partial charge is 0.354 e. The summed E-state index contributed by atoms with van der Waals surface area (Å²) in [5.41, 5.74) is 4.91. The maximum absolute atomic E-state index is 9.77. The zero-order valence-corrected chi connectivity index (χ0v) is 18.2. The molecule has 152 valence electrons. The summed E-state index contributed by atoms with van der Waals surface area (Å²) in [6.45, 7) is 7.44. The van der Waals surface area contributed by atoms with E-state index >= 15 is 0 Å². The number of aromatic nitrogens is 1. The molecule has 0 bridgehead atoms. The lowest BCUT2D eigenvalue weighted by atomic mass is 10.0. The smallest absolute Gasteiger partial charge is 0.173 e. The van der Waals surface area contributed by atoms with Gasteiger partial charge in [0.1, 0.15) is 11.9 Å². The summed E-state index contributed by atoms with van der Waals surface area (Å²) >= 11 is 5.64. The van der Waals surface area contributed by atoms with E-state index in [0.29, 0.717) is 5.56 Å². The number of para-hydroxylation sites is 1. The van der Waals surface area contributed by atoms with E-state index < -0.39 is 0 Å². The second-order valence-corrected chi connectivity index (χ2v) is 8.13. The first-order valence-corrected chi connectivity index (χ1v) is 10.6. The minimum absolute atomic E-state index is 0.632. The molecule has 0 spiro atoms. The molecule has 0 radical (unpaired) electrons. The van der Waals surface area contributed by atoms with Gasteiger partial charge in [-0.1, -0.05) is 24.3 Å². The minimum atomic E-state index is 0.632. The molecule has 2 heterocycles. The van der Waals surface area contributed by atoms with Crippen molar-refractivity contribution in [3.63, 3.8) is 0 Å². The van der Waals surface area contributed by atoms with Crippen molar-refractivity contribution in [2.45, 2.75) is 20.3 Å². The average Bonchev–Trinajstić information content (AvgIpc) is 3.00. The number of hydrogen-bond donors (Lipinski definition) is 1. The van der Waals surface area contributed by atoms with E-state index in [9.17, 15) is 5.26 Å². The molecule has 4 rings (SSSR count). The zero-order valence-electron chi connectivity index (χ0n) is 17.4. The van der Waals surface area contributed by atoms with Crippen LogP contribution in [-0.2, 0) is 0 Å². The molecule has 0 aliphatic carbocycles. The van der Waals surface area contributed by atoms with E-state index in [0.717, 1.165) is 65.7 Å². The van der Waals surface area contributed by atoms with E-state index in [1.165, 1.54) is 5.56 Å². The summed E-state index contributed by atoms with van der Waals surface area (Å²) in [5.74, 6) is 0.777. The fourth-order valence-electron chi connectivity index (χ4n) is 4.00. The molecular weight excluding hydrogens is 390 g/mol.